The predicted octanol–water partition coefficient (Wildman–Crippen LogP) is 2.62. The van der Waals surface area contributed by atoms with E-state index in [9.17, 15) is 24.6 Å². The Bertz CT molecular complexity index is 730. The molecule has 8 heteroatoms. The number of benzene rings is 1. The van der Waals surface area contributed by atoms with Gasteiger partial charge in [-0.2, -0.15) is 0 Å². The molecule has 1 aromatic rings. The maximum Gasteiger partial charge on any atom is 0.408 e. The van der Waals surface area contributed by atoms with E-state index in [2.05, 4.69) is 0 Å². The van der Waals surface area contributed by atoms with Crippen LogP contribution in [0.15, 0.2) is 12.1 Å². The zero-order chi connectivity index (χ0) is 19.5. The van der Waals surface area contributed by atoms with E-state index in [0.717, 1.165) is 4.90 Å². The molecule has 2 rings (SSSR count). The summed E-state index contributed by atoms with van der Waals surface area (Å²) in [5.41, 5.74) is -0.990. The van der Waals surface area contributed by atoms with Gasteiger partial charge in [0.05, 0.1) is 0 Å². The van der Waals surface area contributed by atoms with Crippen molar-refractivity contribution in [2.24, 2.45) is 0 Å². The number of aliphatic carboxylic acids is 1. The van der Waals surface area contributed by atoms with Crippen molar-refractivity contribution in [3.63, 3.8) is 0 Å². The predicted molar refractivity (Wildman–Crippen MR) is 91.6 cm³/mol. The third-order valence-electron chi connectivity index (χ3n) is 4.75. The van der Waals surface area contributed by atoms with Gasteiger partial charge in [-0.25, -0.2) is 9.59 Å². The lowest BCUT2D eigenvalue weighted by molar-refractivity contribution is -0.149. The summed E-state index contributed by atoms with van der Waals surface area (Å²) in [5.74, 6) is -1.19. The van der Waals surface area contributed by atoms with Crippen LogP contribution in [0.5, 0.6) is 5.75 Å². The van der Waals surface area contributed by atoms with Crippen molar-refractivity contribution >= 4 is 17.8 Å². The Morgan fingerprint density at radius 2 is 1.96 bits per heavy atom. The van der Waals surface area contributed by atoms with E-state index in [0.29, 0.717) is 17.7 Å². The van der Waals surface area contributed by atoms with Crippen LogP contribution in [0.1, 0.15) is 47.7 Å². The minimum absolute atomic E-state index is 0.0515. The maximum absolute atomic E-state index is 12.5. The highest BCUT2D eigenvalue weighted by molar-refractivity contribution is 6.01. The lowest BCUT2D eigenvalue weighted by Gasteiger charge is -2.36. The van der Waals surface area contributed by atoms with Crippen molar-refractivity contribution < 1.29 is 34.1 Å². The van der Waals surface area contributed by atoms with Crippen LogP contribution < -0.4 is 4.74 Å². The number of carbonyl (C=O) groups excluding carboxylic acids is 1. The number of amides is 1. The Morgan fingerprint density at radius 1 is 1.27 bits per heavy atom. The van der Waals surface area contributed by atoms with Gasteiger partial charge in [0.15, 0.2) is 18.1 Å². The van der Waals surface area contributed by atoms with Gasteiger partial charge in [-0.05, 0) is 37.5 Å². The fourth-order valence-corrected chi connectivity index (χ4v) is 3.59. The third-order valence-corrected chi connectivity index (χ3v) is 4.75. The number of ether oxygens (including phenoxy) is 2. The molecule has 0 saturated carbocycles. The summed E-state index contributed by atoms with van der Waals surface area (Å²) in [4.78, 5) is 37.4. The van der Waals surface area contributed by atoms with Gasteiger partial charge >= 0.3 is 12.1 Å². The normalized spacial score (nSPS) is 19.4. The number of ketones is 1. The number of hydrogen-bond acceptors (Lipinski definition) is 5. The first kappa shape index (κ1) is 19.7. The van der Waals surface area contributed by atoms with Crippen LogP contribution in [0.4, 0.5) is 4.79 Å². The molecule has 26 heavy (non-hydrogen) atoms. The first-order chi connectivity index (χ1) is 12.3. The molecule has 142 valence electrons. The minimum atomic E-state index is -1.82. The van der Waals surface area contributed by atoms with Gasteiger partial charge in [0.25, 0.3) is 0 Å². The van der Waals surface area contributed by atoms with E-state index < -0.39 is 17.6 Å². The highest BCUT2D eigenvalue weighted by Crippen LogP contribution is 2.44. The summed E-state index contributed by atoms with van der Waals surface area (Å²) in [6.07, 6.45) is -0.677. The van der Waals surface area contributed by atoms with Crippen LogP contribution in [-0.4, -0.2) is 53.4 Å². The van der Waals surface area contributed by atoms with E-state index >= 15 is 0 Å². The van der Waals surface area contributed by atoms with E-state index in [-0.39, 0.29) is 43.1 Å². The molecule has 1 heterocycles. The van der Waals surface area contributed by atoms with Gasteiger partial charge in [-0.3, -0.25) is 9.69 Å². The summed E-state index contributed by atoms with van der Waals surface area (Å²) in [7, 11) is 1.45. The van der Waals surface area contributed by atoms with Crippen molar-refractivity contribution in [2.45, 2.75) is 38.6 Å². The number of hydrogen-bond donors (Lipinski definition) is 2. The molecule has 1 fully saturated rings. The molecule has 0 aromatic heterocycles. The smallest absolute Gasteiger partial charge is 0.408 e. The molecule has 1 amide bonds. The molecule has 8 nitrogen and oxygen atoms in total. The molecule has 0 aliphatic carbocycles. The molecular weight excluding hydrogens is 342 g/mol. The fourth-order valence-electron chi connectivity index (χ4n) is 3.59. The fraction of sp³-hybridized carbons (Fsp3) is 0.500. The van der Waals surface area contributed by atoms with E-state index in [1.165, 1.54) is 13.2 Å². The molecule has 1 atom stereocenters. The number of rotatable bonds is 7. The van der Waals surface area contributed by atoms with Gasteiger partial charge in [-0.1, -0.05) is 6.92 Å². The van der Waals surface area contributed by atoms with Gasteiger partial charge in [0, 0.05) is 31.2 Å². The molecule has 1 saturated heterocycles. The largest absolute Gasteiger partial charge is 0.479 e. The Labute approximate surface area is 151 Å². The molecular formula is C18H23NO7. The maximum atomic E-state index is 12.5. The molecule has 0 unspecified atom stereocenters. The van der Waals surface area contributed by atoms with Gasteiger partial charge in [0.2, 0.25) is 0 Å². The number of nitrogens with zero attached hydrogens (tertiary/aromatic N) is 1. The van der Waals surface area contributed by atoms with Crippen molar-refractivity contribution in [1.29, 1.82) is 0 Å². The summed E-state index contributed by atoms with van der Waals surface area (Å²) in [6.45, 7) is 3.34. The number of carboxylic acids is 1. The quantitative estimate of drug-likeness (QED) is 0.564. The van der Waals surface area contributed by atoms with Crippen LogP contribution in [-0.2, 0) is 15.1 Å². The van der Waals surface area contributed by atoms with Crippen LogP contribution >= 0.6 is 0 Å². The first-order valence-corrected chi connectivity index (χ1v) is 8.34. The van der Waals surface area contributed by atoms with Crippen LogP contribution in [0, 0.1) is 6.92 Å². The van der Waals surface area contributed by atoms with Crippen LogP contribution in [0.2, 0.25) is 0 Å². The second-order valence-corrected chi connectivity index (χ2v) is 6.14. The Kier molecular flexibility index (Phi) is 5.86. The topological polar surface area (TPSA) is 113 Å². The van der Waals surface area contributed by atoms with E-state index in [1.807, 2.05) is 0 Å². The molecule has 0 bridgehead atoms. The Morgan fingerprint density at radius 3 is 2.50 bits per heavy atom. The van der Waals surface area contributed by atoms with Crippen LogP contribution in [0.3, 0.4) is 0 Å². The lowest BCUT2D eigenvalue weighted by atomic mass is 9.79. The number of Topliss-reactive ketones (excluding diaryl/α,β-unsaturated/α-hetero) is 1. The van der Waals surface area contributed by atoms with Gasteiger partial charge in [-0.15, -0.1) is 0 Å². The second kappa shape index (κ2) is 7.74. The molecule has 2 N–H and O–H groups in total. The highest BCUT2D eigenvalue weighted by atomic mass is 16.7. The van der Waals surface area contributed by atoms with Crippen molar-refractivity contribution in [3.05, 3.63) is 28.8 Å². The SMILES string of the molecule is CCC(=O)c1ccc(OCOC)c(C)c1[C@@]1(C(=O)O)CCCN1C(=O)O. The number of methoxy groups -OCH3 is 1. The van der Waals surface area contributed by atoms with E-state index in [1.54, 1.807) is 19.9 Å². The van der Waals surface area contributed by atoms with Gasteiger partial charge in [0.1, 0.15) is 5.75 Å². The monoisotopic (exact) mass is 365 g/mol. The zero-order valence-corrected chi connectivity index (χ0v) is 15.1. The van der Waals surface area contributed by atoms with Gasteiger partial charge < -0.3 is 19.7 Å². The highest BCUT2D eigenvalue weighted by Gasteiger charge is 2.54. The number of likely N-dealkylation sites (tertiary alicyclic amines) is 1. The zero-order valence-electron chi connectivity index (χ0n) is 15.1. The Hall–Kier alpha value is -2.61. The molecule has 0 radical (unpaired) electrons. The second-order valence-electron chi connectivity index (χ2n) is 6.14. The third kappa shape index (κ3) is 3.12. The average molecular weight is 365 g/mol. The first-order valence-electron chi connectivity index (χ1n) is 8.34. The Balaban J connectivity index is 2.79. The van der Waals surface area contributed by atoms with E-state index in [4.69, 9.17) is 9.47 Å². The number of carbonyl (C=O) groups is 3. The summed E-state index contributed by atoms with van der Waals surface area (Å²) < 4.78 is 10.4. The molecule has 1 aromatic carbocycles. The molecule has 1 aliphatic rings. The minimum Gasteiger partial charge on any atom is -0.479 e. The van der Waals surface area contributed by atoms with Crippen molar-refractivity contribution in [3.8, 4) is 5.75 Å². The standard InChI is InChI=1S/C18H23NO7/c1-4-13(20)12-6-7-14(26-10-25-3)11(2)15(12)18(16(21)22)8-5-9-19(18)17(23)24/h6-7H,4-5,8-10H2,1-3H3,(H,21,22)(H,23,24)/t18-/m1/s1. The van der Waals surface area contributed by atoms with Crippen molar-refractivity contribution in [2.75, 3.05) is 20.4 Å². The van der Waals surface area contributed by atoms with Crippen LogP contribution in [0.25, 0.3) is 0 Å². The molecule has 0 spiro atoms. The lowest BCUT2D eigenvalue weighted by Crippen LogP contribution is -2.51. The molecule has 1 aliphatic heterocycles. The summed E-state index contributed by atoms with van der Waals surface area (Å²) >= 11 is 0. The van der Waals surface area contributed by atoms with Crippen molar-refractivity contribution in [1.82, 2.24) is 4.90 Å². The average Bonchev–Trinajstić information content (AvgIpc) is 3.05. The summed E-state index contributed by atoms with van der Waals surface area (Å²) in [5, 5.41) is 19.6. The number of carboxylic acid groups (broad SMARTS) is 2. The summed E-state index contributed by atoms with van der Waals surface area (Å²) in [6, 6.07) is 3.08.